The van der Waals surface area contributed by atoms with E-state index in [0.717, 1.165) is 8.96 Å². The first-order chi connectivity index (χ1) is 20.2. The number of hydrogen-bond acceptors (Lipinski definition) is 4. The molecule has 0 fully saturated rings. The molecule has 42 heavy (non-hydrogen) atoms. The fraction of sp³-hybridized carbons (Fsp3) is 0.257. The van der Waals surface area contributed by atoms with E-state index in [1.54, 1.807) is 30.3 Å². The standard InChI is InChI=1S/C35H32Br2N2O3/c1-4-18-42-29-14-10-25(11-15-29)33(40)24-6-8-26(9-7-24)34(41)38-21-23(5-2)22-39-31-16-12-27(36)19-30(31)35(3)20-28(37)13-17-32(35)39/h1,5-14,16-17,19-20,23,29,32H,2,15,18,21-22H2,3H3,(H,38,41)/t23-,29?,32?,35?/m0/s1. The summed E-state index contributed by atoms with van der Waals surface area (Å²) in [6, 6.07) is 13.3. The van der Waals surface area contributed by atoms with Gasteiger partial charge in [0.25, 0.3) is 5.91 Å². The van der Waals surface area contributed by atoms with Crippen LogP contribution in [0.15, 0.2) is 106 Å². The van der Waals surface area contributed by atoms with Gasteiger partial charge in [-0.05, 0) is 49.2 Å². The molecule has 0 saturated carbocycles. The molecule has 0 aromatic heterocycles. The maximum absolute atomic E-state index is 13.0. The molecule has 3 aliphatic rings. The fourth-order valence-electron chi connectivity index (χ4n) is 5.81. The number of carbonyl (C=O) groups excluding carboxylic acids is 2. The van der Waals surface area contributed by atoms with Gasteiger partial charge in [-0.25, -0.2) is 0 Å². The molecule has 2 aromatic carbocycles. The van der Waals surface area contributed by atoms with Crippen molar-refractivity contribution in [1.29, 1.82) is 0 Å². The summed E-state index contributed by atoms with van der Waals surface area (Å²) in [6.07, 6.45) is 19.7. The molecule has 1 amide bonds. The predicted octanol–water partition coefficient (Wildman–Crippen LogP) is 7.06. The van der Waals surface area contributed by atoms with Crippen LogP contribution in [-0.2, 0) is 10.2 Å². The minimum absolute atomic E-state index is 0.0230. The Morgan fingerprint density at radius 2 is 1.95 bits per heavy atom. The Bertz CT molecular complexity index is 1560. The highest BCUT2D eigenvalue weighted by atomic mass is 79.9. The first-order valence-electron chi connectivity index (χ1n) is 13.9. The molecule has 7 heteroatoms. The van der Waals surface area contributed by atoms with Gasteiger partial charge in [-0.3, -0.25) is 9.59 Å². The monoisotopic (exact) mass is 686 g/mol. The average molecular weight is 688 g/mol. The zero-order chi connectivity index (χ0) is 29.9. The van der Waals surface area contributed by atoms with E-state index in [1.165, 1.54) is 11.3 Å². The van der Waals surface area contributed by atoms with Gasteiger partial charge in [0.2, 0.25) is 0 Å². The van der Waals surface area contributed by atoms with E-state index in [-0.39, 0.29) is 41.8 Å². The highest BCUT2D eigenvalue weighted by molar-refractivity contribution is 9.12. The molecule has 1 aliphatic heterocycles. The molecular formula is C35H32Br2N2O3. The molecule has 1 N–H and O–H groups in total. The molecule has 0 saturated heterocycles. The third-order valence-electron chi connectivity index (χ3n) is 8.08. The van der Waals surface area contributed by atoms with Crippen molar-refractivity contribution in [1.82, 2.24) is 5.32 Å². The van der Waals surface area contributed by atoms with Crippen molar-refractivity contribution in [2.45, 2.75) is 30.9 Å². The second kappa shape index (κ2) is 12.8. The van der Waals surface area contributed by atoms with Crippen molar-refractivity contribution < 1.29 is 14.3 Å². The molecule has 1 heterocycles. The van der Waals surface area contributed by atoms with Crippen LogP contribution in [0.3, 0.4) is 0 Å². The lowest BCUT2D eigenvalue weighted by Gasteiger charge is -2.36. The largest absolute Gasteiger partial charge is 0.363 e. The SMILES string of the molecule is C#CCOC1C=CC(C(=O)c2ccc(C(=O)NC[C@H](C=C)CN3c4ccc(Br)cc4C4(C)C=C(Br)C=CC34)cc2)=CC1. The second-order valence-corrected chi connectivity index (χ2v) is 12.7. The number of Topliss-reactive ketones (excluding diaryl/α,β-unsaturated/α-hetero) is 1. The summed E-state index contributed by atoms with van der Waals surface area (Å²) in [5.41, 5.74) is 3.90. The zero-order valence-electron chi connectivity index (χ0n) is 23.4. The fourth-order valence-corrected chi connectivity index (χ4v) is 6.80. The van der Waals surface area contributed by atoms with E-state index in [2.05, 4.69) is 97.9 Å². The van der Waals surface area contributed by atoms with Crippen LogP contribution in [0.5, 0.6) is 0 Å². The topological polar surface area (TPSA) is 58.6 Å². The summed E-state index contributed by atoms with van der Waals surface area (Å²) >= 11 is 7.31. The molecule has 5 rings (SSSR count). The van der Waals surface area contributed by atoms with Crippen molar-refractivity contribution in [3.63, 3.8) is 0 Å². The van der Waals surface area contributed by atoms with E-state index in [4.69, 9.17) is 11.2 Å². The van der Waals surface area contributed by atoms with Crippen LogP contribution in [0.25, 0.3) is 0 Å². The number of amides is 1. The number of rotatable bonds is 10. The number of allylic oxidation sites excluding steroid dienone is 4. The maximum Gasteiger partial charge on any atom is 0.251 e. The first kappa shape index (κ1) is 30.0. The molecule has 214 valence electrons. The number of terminal acetylenes is 1. The lowest BCUT2D eigenvalue weighted by Crippen LogP contribution is -2.45. The number of fused-ring (bicyclic) bond motifs is 3. The van der Waals surface area contributed by atoms with Crippen molar-refractivity contribution in [2.24, 2.45) is 5.92 Å². The van der Waals surface area contributed by atoms with Gasteiger partial charge < -0.3 is 15.0 Å². The molecule has 2 aromatic rings. The van der Waals surface area contributed by atoms with Crippen molar-refractivity contribution in [3.8, 4) is 12.3 Å². The number of anilines is 1. The summed E-state index contributed by atoms with van der Waals surface area (Å²) in [5.74, 6) is 2.19. The minimum Gasteiger partial charge on any atom is -0.363 e. The third kappa shape index (κ3) is 6.17. The molecule has 0 spiro atoms. The Balaban J connectivity index is 1.21. The normalized spacial score (nSPS) is 22.8. The minimum atomic E-state index is -0.189. The van der Waals surface area contributed by atoms with Gasteiger partial charge in [-0.2, -0.15) is 0 Å². The number of benzene rings is 2. The number of ether oxygens (including phenoxy) is 1. The lowest BCUT2D eigenvalue weighted by molar-refractivity contribution is 0.0948. The van der Waals surface area contributed by atoms with Crippen molar-refractivity contribution >= 4 is 49.2 Å². The molecule has 0 radical (unpaired) electrons. The summed E-state index contributed by atoms with van der Waals surface area (Å²) in [5, 5.41) is 3.06. The number of nitrogens with zero attached hydrogens (tertiary/aromatic N) is 1. The molecule has 2 aliphatic carbocycles. The number of nitrogens with one attached hydrogen (secondary N) is 1. The van der Waals surface area contributed by atoms with Crippen LogP contribution in [0.2, 0.25) is 0 Å². The average Bonchev–Trinajstić information content (AvgIpc) is 3.23. The highest BCUT2D eigenvalue weighted by Gasteiger charge is 2.46. The van der Waals surface area contributed by atoms with Crippen LogP contribution < -0.4 is 10.2 Å². The number of carbonyl (C=O) groups is 2. The summed E-state index contributed by atoms with van der Waals surface area (Å²) < 4.78 is 7.62. The second-order valence-electron chi connectivity index (χ2n) is 10.8. The Labute approximate surface area is 264 Å². The molecule has 4 atom stereocenters. The van der Waals surface area contributed by atoms with Gasteiger partial charge in [0, 0.05) is 55.8 Å². The van der Waals surface area contributed by atoms with Crippen LogP contribution in [0, 0.1) is 18.3 Å². The number of hydrogen-bond donors (Lipinski definition) is 1. The van der Waals surface area contributed by atoms with Gasteiger partial charge in [0.05, 0.1) is 12.1 Å². The predicted molar refractivity (Wildman–Crippen MR) is 176 cm³/mol. The highest BCUT2D eigenvalue weighted by Crippen LogP contribution is 2.50. The van der Waals surface area contributed by atoms with Crippen LogP contribution in [0.4, 0.5) is 5.69 Å². The van der Waals surface area contributed by atoms with Crippen LogP contribution in [-0.4, -0.2) is 43.5 Å². The third-order valence-corrected chi connectivity index (χ3v) is 9.06. The molecule has 3 unspecified atom stereocenters. The summed E-state index contributed by atoms with van der Waals surface area (Å²) in [7, 11) is 0. The van der Waals surface area contributed by atoms with Gasteiger partial charge in [0.15, 0.2) is 5.78 Å². The Kier molecular flexibility index (Phi) is 9.17. The maximum atomic E-state index is 13.0. The van der Waals surface area contributed by atoms with Crippen molar-refractivity contribution in [2.75, 3.05) is 24.6 Å². The zero-order valence-corrected chi connectivity index (χ0v) is 26.5. The van der Waals surface area contributed by atoms with E-state index < -0.39 is 0 Å². The first-order valence-corrected chi connectivity index (χ1v) is 15.4. The molecular weight excluding hydrogens is 656 g/mol. The smallest absolute Gasteiger partial charge is 0.251 e. The Morgan fingerprint density at radius 1 is 1.19 bits per heavy atom. The molecule has 0 bridgehead atoms. The Hall–Kier alpha value is -3.44. The van der Waals surface area contributed by atoms with E-state index >= 15 is 0 Å². The lowest BCUT2D eigenvalue weighted by atomic mass is 9.76. The Morgan fingerprint density at radius 3 is 2.64 bits per heavy atom. The molecule has 5 nitrogen and oxygen atoms in total. The van der Waals surface area contributed by atoms with E-state index in [9.17, 15) is 9.59 Å². The number of ketones is 1. The van der Waals surface area contributed by atoms with E-state index in [1.807, 2.05) is 18.2 Å². The van der Waals surface area contributed by atoms with Gasteiger partial charge >= 0.3 is 0 Å². The number of halogens is 2. The van der Waals surface area contributed by atoms with Gasteiger partial charge in [-0.15, -0.1) is 13.0 Å². The van der Waals surface area contributed by atoms with Gasteiger partial charge in [0.1, 0.15) is 6.61 Å². The van der Waals surface area contributed by atoms with Gasteiger partial charge in [-0.1, -0.05) is 92.4 Å². The van der Waals surface area contributed by atoms with Crippen molar-refractivity contribution in [3.05, 3.63) is 123 Å². The quantitative estimate of drug-likeness (QED) is 0.165. The summed E-state index contributed by atoms with van der Waals surface area (Å²) in [6.45, 7) is 7.72. The summed E-state index contributed by atoms with van der Waals surface area (Å²) in [4.78, 5) is 28.4. The van der Waals surface area contributed by atoms with Crippen LogP contribution in [0.1, 0.15) is 39.6 Å². The van der Waals surface area contributed by atoms with E-state index in [0.29, 0.717) is 36.2 Å². The van der Waals surface area contributed by atoms with Crippen LogP contribution >= 0.6 is 31.9 Å².